The van der Waals surface area contributed by atoms with E-state index in [9.17, 15) is 14.7 Å². The number of carbonyl (C=O) groups excluding carboxylic acids is 1. The highest BCUT2D eigenvalue weighted by atomic mass is 16.4. The van der Waals surface area contributed by atoms with Gasteiger partial charge in [-0.3, -0.25) is 9.59 Å². The van der Waals surface area contributed by atoms with E-state index in [1.165, 1.54) is 32.1 Å². The van der Waals surface area contributed by atoms with Gasteiger partial charge in [0, 0.05) is 42.4 Å². The Balaban J connectivity index is 1.83. The molecule has 1 saturated heterocycles. The molecule has 1 aromatic heterocycles. The van der Waals surface area contributed by atoms with Crippen LogP contribution in [0.3, 0.4) is 0 Å². The zero-order valence-electron chi connectivity index (χ0n) is 28.8. The van der Waals surface area contributed by atoms with Crippen molar-refractivity contribution < 1.29 is 14.3 Å². The number of aliphatic imine (C=N–C) groups is 1. The number of nitrogens with zero attached hydrogens (tertiary/aromatic N) is 2. The maximum atomic E-state index is 12.9. The van der Waals surface area contributed by atoms with E-state index in [1.807, 2.05) is 58.9 Å². The summed E-state index contributed by atoms with van der Waals surface area (Å²) < 4.78 is 6.34. The molecular weight excluding hydrogens is 574 g/mol. The second kappa shape index (κ2) is 17.5. The van der Waals surface area contributed by atoms with Crippen LogP contribution in [0.4, 0.5) is 5.88 Å². The van der Waals surface area contributed by atoms with Crippen LogP contribution in [0, 0.1) is 12.8 Å². The van der Waals surface area contributed by atoms with Crippen molar-refractivity contribution in [1.29, 1.82) is 0 Å². The van der Waals surface area contributed by atoms with E-state index in [1.54, 1.807) is 19.1 Å². The van der Waals surface area contributed by atoms with Crippen LogP contribution in [0.5, 0.6) is 0 Å². The molecule has 2 heterocycles. The van der Waals surface area contributed by atoms with Crippen LogP contribution in [0.2, 0.25) is 0 Å². The molecule has 0 aromatic carbocycles. The summed E-state index contributed by atoms with van der Waals surface area (Å²) in [6, 6.07) is 1.59. The molecule has 0 spiro atoms. The topological polar surface area (TPSA) is 95.1 Å². The van der Waals surface area contributed by atoms with Gasteiger partial charge in [-0.25, -0.2) is 4.99 Å². The second-order valence-corrected chi connectivity index (χ2v) is 12.3. The van der Waals surface area contributed by atoms with Crippen molar-refractivity contribution in [2.24, 2.45) is 10.9 Å². The Labute approximate surface area is 275 Å². The van der Waals surface area contributed by atoms with E-state index in [0.29, 0.717) is 46.8 Å². The number of carbonyl (C=O) groups is 1. The summed E-state index contributed by atoms with van der Waals surface area (Å²) in [6.45, 7) is 20.9. The van der Waals surface area contributed by atoms with Crippen LogP contribution in [-0.2, 0) is 4.79 Å². The van der Waals surface area contributed by atoms with Gasteiger partial charge in [0.25, 0.3) is 0 Å². The first-order valence-corrected chi connectivity index (χ1v) is 16.7. The van der Waals surface area contributed by atoms with Gasteiger partial charge < -0.3 is 19.7 Å². The number of aliphatic hydroxyl groups is 1. The molecule has 46 heavy (non-hydrogen) atoms. The summed E-state index contributed by atoms with van der Waals surface area (Å²) in [5, 5.41) is 13.5. The highest BCUT2D eigenvalue weighted by Gasteiger charge is 2.21. The first-order valence-electron chi connectivity index (χ1n) is 16.7. The monoisotopic (exact) mass is 627 g/mol. The lowest BCUT2D eigenvalue weighted by Crippen LogP contribution is -2.30. The van der Waals surface area contributed by atoms with Gasteiger partial charge in [-0.05, 0) is 95.1 Å². The van der Waals surface area contributed by atoms with E-state index >= 15 is 0 Å². The number of piperidine rings is 1. The Bertz CT molecular complexity index is 1530. The summed E-state index contributed by atoms with van der Waals surface area (Å²) in [6.07, 6.45) is 18.8. The molecule has 7 heteroatoms. The molecule has 3 rings (SSSR count). The lowest BCUT2D eigenvalue weighted by molar-refractivity contribution is -0.115. The highest BCUT2D eigenvalue weighted by molar-refractivity contribution is 6.04. The predicted octanol–water partition coefficient (Wildman–Crippen LogP) is 9.20. The van der Waals surface area contributed by atoms with Crippen LogP contribution >= 0.6 is 0 Å². The van der Waals surface area contributed by atoms with E-state index in [2.05, 4.69) is 28.4 Å². The predicted molar refractivity (Wildman–Crippen MR) is 192 cm³/mol. The van der Waals surface area contributed by atoms with Crippen LogP contribution in [0.15, 0.2) is 97.8 Å². The molecular formula is C39H53N3O4. The Morgan fingerprint density at radius 2 is 1.76 bits per heavy atom. The molecule has 0 radical (unpaired) electrons. The fourth-order valence-corrected chi connectivity index (χ4v) is 6.16. The van der Waals surface area contributed by atoms with Gasteiger partial charge in [0.2, 0.25) is 0 Å². The molecule has 0 bridgehead atoms. The molecule has 1 saturated carbocycles. The Morgan fingerprint density at radius 1 is 1.09 bits per heavy atom. The number of aliphatic hydroxyl groups excluding tert-OH is 1. The Kier molecular flexibility index (Phi) is 13.9. The molecule has 0 amide bonds. The van der Waals surface area contributed by atoms with Gasteiger partial charge in [-0.2, -0.15) is 0 Å². The number of allylic oxidation sites excluding steroid dienone is 9. The van der Waals surface area contributed by atoms with Crippen LogP contribution in [0.25, 0.3) is 5.57 Å². The van der Waals surface area contributed by atoms with Crippen LogP contribution in [0.1, 0.15) is 104 Å². The van der Waals surface area contributed by atoms with Crippen molar-refractivity contribution in [2.75, 3.05) is 18.0 Å². The van der Waals surface area contributed by atoms with Crippen LogP contribution < -0.4 is 15.6 Å². The third-order valence-electron chi connectivity index (χ3n) is 8.91. The maximum Gasteiger partial charge on any atom is 0.199 e. The first kappa shape index (κ1) is 36.3. The van der Waals surface area contributed by atoms with Gasteiger partial charge in [-0.15, -0.1) is 0 Å². The number of hydrogen-bond donors (Lipinski definition) is 2. The minimum absolute atomic E-state index is 0.0554. The summed E-state index contributed by atoms with van der Waals surface area (Å²) in [5.41, 5.74) is 4.88. The molecule has 1 aliphatic carbocycles. The summed E-state index contributed by atoms with van der Waals surface area (Å²) in [4.78, 5) is 32.5. The normalized spacial score (nSPS) is 17.8. The van der Waals surface area contributed by atoms with Gasteiger partial charge in [-0.1, -0.05) is 64.0 Å². The quantitative estimate of drug-likeness (QED) is 0.0924. The highest BCUT2D eigenvalue weighted by Crippen LogP contribution is 2.32. The maximum absolute atomic E-state index is 12.9. The number of Topliss-reactive ketones (excluding diaryl/α,β-unsaturated/α-hetero) is 1. The molecule has 1 aromatic rings. The van der Waals surface area contributed by atoms with E-state index in [-0.39, 0.29) is 17.0 Å². The average Bonchev–Trinajstić information content (AvgIpc) is 3.56. The SMILES string of the molecule is C=C(/N=C(/C)C(=CC)/C=C(\CC1CCCC1)C(=O)CC)N/C(=C/C=C(C)/C(=C/C)c1oc(N2CCCCC2)cc(=O)c1C)C(=C)O. The summed E-state index contributed by atoms with van der Waals surface area (Å²) in [7, 11) is 0. The zero-order valence-corrected chi connectivity index (χ0v) is 28.8. The third kappa shape index (κ3) is 9.93. The van der Waals surface area contributed by atoms with Gasteiger partial charge in [0.05, 0.1) is 5.70 Å². The second-order valence-electron chi connectivity index (χ2n) is 12.3. The van der Waals surface area contributed by atoms with Crippen LogP contribution in [-0.4, -0.2) is 29.7 Å². The van der Waals surface area contributed by atoms with E-state index in [4.69, 9.17) is 4.42 Å². The molecule has 0 atom stereocenters. The zero-order chi connectivity index (χ0) is 33.8. The molecule has 2 fully saturated rings. The van der Waals surface area contributed by atoms with Crippen molar-refractivity contribution in [2.45, 2.75) is 99.3 Å². The molecule has 248 valence electrons. The van der Waals surface area contributed by atoms with Crippen molar-refractivity contribution in [3.05, 3.63) is 105 Å². The number of anilines is 1. The van der Waals surface area contributed by atoms with Crippen molar-refractivity contribution >= 4 is 23.0 Å². The smallest absolute Gasteiger partial charge is 0.199 e. The number of nitrogens with one attached hydrogen (secondary N) is 1. The third-order valence-corrected chi connectivity index (χ3v) is 8.91. The van der Waals surface area contributed by atoms with Crippen molar-refractivity contribution in [3.8, 4) is 0 Å². The minimum atomic E-state index is -0.173. The molecule has 1 aliphatic heterocycles. The van der Waals surface area contributed by atoms with Crippen molar-refractivity contribution in [1.82, 2.24) is 5.32 Å². The summed E-state index contributed by atoms with van der Waals surface area (Å²) in [5.74, 6) is 2.03. The van der Waals surface area contributed by atoms with E-state index in [0.717, 1.165) is 54.6 Å². The standard InChI is InChI=1S/C39H53N3O4/c1-9-32(24-33(36(44)11-3)23-31-17-13-14-18-31)28(6)40-30(8)41-35(29(7)43)20-19-26(4)34(10-2)39-27(5)37(45)25-38(46-39)42-21-15-12-16-22-42/h9-10,19-20,24-25,31,41,43H,7-8,11-18,21-23H2,1-6H3/b26-19+,32-9?,33-24+,34-10-,35-20+,40-28-. The Morgan fingerprint density at radius 3 is 2.35 bits per heavy atom. The largest absolute Gasteiger partial charge is 0.506 e. The first-order chi connectivity index (χ1) is 22.0. The summed E-state index contributed by atoms with van der Waals surface area (Å²) >= 11 is 0. The number of ketones is 1. The van der Waals surface area contributed by atoms with Gasteiger partial charge >= 0.3 is 0 Å². The molecule has 7 nitrogen and oxygen atoms in total. The van der Waals surface area contributed by atoms with Gasteiger partial charge in [0.1, 0.15) is 17.3 Å². The van der Waals surface area contributed by atoms with Gasteiger partial charge in [0.15, 0.2) is 17.1 Å². The lowest BCUT2D eigenvalue weighted by atomic mass is 9.92. The average molecular weight is 628 g/mol. The fraction of sp³-hybridized carbons (Fsp3) is 0.462. The lowest BCUT2D eigenvalue weighted by Gasteiger charge is -2.27. The number of hydrogen-bond acceptors (Lipinski definition) is 7. The van der Waals surface area contributed by atoms with Crippen molar-refractivity contribution in [3.63, 3.8) is 0 Å². The molecule has 2 N–H and O–H groups in total. The van der Waals surface area contributed by atoms with E-state index < -0.39 is 0 Å². The Hall–Kier alpha value is -4.13. The number of rotatable bonds is 14. The molecule has 0 unspecified atom stereocenters. The fourth-order valence-electron chi connectivity index (χ4n) is 6.16. The minimum Gasteiger partial charge on any atom is -0.506 e. The molecule has 2 aliphatic rings.